The van der Waals surface area contributed by atoms with E-state index in [1.807, 2.05) is 20.8 Å². The van der Waals surface area contributed by atoms with E-state index in [1.165, 1.54) is 7.11 Å². The Labute approximate surface area is 140 Å². The van der Waals surface area contributed by atoms with Crippen LogP contribution < -0.4 is 0 Å². The lowest BCUT2D eigenvalue weighted by molar-refractivity contribution is -0.136. The van der Waals surface area contributed by atoms with Crippen molar-refractivity contribution in [2.45, 2.75) is 66.5 Å². The lowest BCUT2D eigenvalue weighted by atomic mass is 9.87. The van der Waals surface area contributed by atoms with Crippen LogP contribution in [0.4, 0.5) is 4.79 Å². The minimum Gasteiger partial charge on any atom is -0.452 e. The number of hydrogen-bond donors (Lipinski definition) is 0. The van der Waals surface area contributed by atoms with Crippen molar-refractivity contribution >= 4 is 12.0 Å². The summed E-state index contributed by atoms with van der Waals surface area (Å²) in [5, 5.41) is 0. The van der Waals surface area contributed by atoms with Crippen molar-refractivity contribution in [3.63, 3.8) is 0 Å². The molecule has 2 amide bonds. The second-order valence-corrected chi connectivity index (χ2v) is 7.45. The first-order chi connectivity index (χ1) is 10.7. The summed E-state index contributed by atoms with van der Waals surface area (Å²) in [6.45, 7) is 10.3. The van der Waals surface area contributed by atoms with Crippen molar-refractivity contribution in [1.82, 2.24) is 9.80 Å². The molecule has 1 aliphatic rings. The summed E-state index contributed by atoms with van der Waals surface area (Å²) >= 11 is 0. The minimum absolute atomic E-state index is 0.0135. The number of likely N-dealkylation sites (N-methyl/N-ethyl adjacent to an activating group) is 1. The molecule has 0 aromatic rings. The molecule has 1 rings (SSSR count). The van der Waals surface area contributed by atoms with E-state index in [4.69, 9.17) is 4.74 Å². The Bertz CT molecular complexity index is 465. The fraction of sp³-hybridized carbons (Fsp3) is 0.778. The van der Waals surface area contributed by atoms with Crippen molar-refractivity contribution in [2.75, 3.05) is 14.2 Å². The topological polar surface area (TPSA) is 49.9 Å². The van der Waals surface area contributed by atoms with Gasteiger partial charge < -0.3 is 9.64 Å². The van der Waals surface area contributed by atoms with Crippen LogP contribution in [0.15, 0.2) is 11.8 Å². The normalized spacial score (nSPS) is 20.4. The van der Waals surface area contributed by atoms with E-state index in [9.17, 15) is 9.59 Å². The van der Waals surface area contributed by atoms with Crippen LogP contribution in [0.3, 0.4) is 0 Å². The highest BCUT2D eigenvalue weighted by Crippen LogP contribution is 2.34. The molecule has 0 fully saturated rings. The number of nitrogens with zero attached hydrogens (tertiary/aromatic N) is 2. The predicted octanol–water partition coefficient (Wildman–Crippen LogP) is 4.00. The molecule has 5 nitrogen and oxygen atoms in total. The van der Waals surface area contributed by atoms with E-state index in [0.29, 0.717) is 17.9 Å². The molecule has 0 aromatic carbocycles. The van der Waals surface area contributed by atoms with Crippen molar-refractivity contribution in [1.29, 1.82) is 0 Å². The summed E-state index contributed by atoms with van der Waals surface area (Å²) in [5.74, 6) is 0.480. The van der Waals surface area contributed by atoms with Crippen molar-refractivity contribution in [3.05, 3.63) is 11.8 Å². The molecule has 1 heterocycles. The molecule has 2 atom stereocenters. The number of carbonyl (C=O) groups excluding carboxylic acids is 2. The fourth-order valence-corrected chi connectivity index (χ4v) is 3.38. The third kappa shape index (κ3) is 4.49. The third-order valence-electron chi connectivity index (χ3n) is 4.46. The van der Waals surface area contributed by atoms with Gasteiger partial charge in [-0.05, 0) is 12.3 Å². The number of carbonyl (C=O) groups is 2. The molecule has 1 unspecified atom stereocenters. The molecule has 1 aliphatic heterocycles. The molecule has 0 aromatic heterocycles. The first-order valence-corrected chi connectivity index (χ1v) is 8.51. The van der Waals surface area contributed by atoms with Gasteiger partial charge in [0.15, 0.2) is 0 Å². The average Bonchev–Trinajstić information content (AvgIpc) is 2.48. The lowest BCUT2D eigenvalue weighted by Crippen LogP contribution is -2.58. The molecule has 0 aliphatic carbocycles. The summed E-state index contributed by atoms with van der Waals surface area (Å²) in [4.78, 5) is 28.2. The van der Waals surface area contributed by atoms with E-state index in [1.54, 1.807) is 23.0 Å². The second kappa shape index (κ2) is 7.84. The molecule has 0 bridgehead atoms. The first kappa shape index (κ1) is 19.5. The van der Waals surface area contributed by atoms with Gasteiger partial charge in [-0.1, -0.05) is 53.9 Å². The summed E-state index contributed by atoms with van der Waals surface area (Å²) in [5.41, 5.74) is 0.424. The van der Waals surface area contributed by atoms with E-state index in [0.717, 1.165) is 19.3 Å². The number of methoxy groups -OCH3 is 1. The SMILES string of the molecule is CCCC(CC)CC1=CN(C(=O)OC)[C@@H](C(C)(C)C)N(C)C1=O. The number of rotatable bonds is 5. The number of ether oxygens (including phenoxy) is 1. The van der Waals surface area contributed by atoms with Gasteiger partial charge in [0.2, 0.25) is 0 Å². The Morgan fingerprint density at radius 2 is 1.96 bits per heavy atom. The smallest absolute Gasteiger partial charge is 0.415 e. The summed E-state index contributed by atoms with van der Waals surface area (Å²) in [6.07, 6.45) is 4.86. The molecule has 0 saturated carbocycles. The Kier molecular flexibility index (Phi) is 6.66. The Hall–Kier alpha value is -1.52. The van der Waals surface area contributed by atoms with Crippen LogP contribution in [-0.2, 0) is 9.53 Å². The zero-order valence-corrected chi connectivity index (χ0v) is 15.7. The minimum atomic E-state index is -0.426. The van der Waals surface area contributed by atoms with Gasteiger partial charge in [-0.15, -0.1) is 0 Å². The molecule has 132 valence electrons. The molecular weight excluding hydrogens is 292 g/mol. The van der Waals surface area contributed by atoms with Crippen molar-refractivity contribution in [3.8, 4) is 0 Å². The fourth-order valence-electron chi connectivity index (χ4n) is 3.38. The molecule has 23 heavy (non-hydrogen) atoms. The van der Waals surface area contributed by atoms with Gasteiger partial charge in [0, 0.05) is 24.2 Å². The van der Waals surface area contributed by atoms with E-state index < -0.39 is 6.09 Å². The van der Waals surface area contributed by atoms with Gasteiger partial charge in [-0.25, -0.2) is 4.79 Å². The highest BCUT2D eigenvalue weighted by Gasteiger charge is 2.42. The van der Waals surface area contributed by atoms with Crippen LogP contribution in [0.1, 0.15) is 60.3 Å². The van der Waals surface area contributed by atoms with E-state index in [2.05, 4.69) is 13.8 Å². The molecule has 5 heteroatoms. The summed E-state index contributed by atoms with van der Waals surface area (Å²) in [6, 6.07) is 0. The maximum absolute atomic E-state index is 12.8. The van der Waals surface area contributed by atoms with Gasteiger partial charge in [0.25, 0.3) is 5.91 Å². The zero-order chi connectivity index (χ0) is 17.8. The van der Waals surface area contributed by atoms with Gasteiger partial charge in [-0.2, -0.15) is 0 Å². The number of amides is 2. The van der Waals surface area contributed by atoms with Crippen molar-refractivity contribution < 1.29 is 14.3 Å². The highest BCUT2D eigenvalue weighted by molar-refractivity contribution is 5.95. The summed E-state index contributed by atoms with van der Waals surface area (Å²) in [7, 11) is 3.14. The second-order valence-electron chi connectivity index (χ2n) is 7.45. The van der Waals surface area contributed by atoms with Gasteiger partial charge >= 0.3 is 6.09 Å². The molecule has 0 N–H and O–H groups in total. The molecule has 0 radical (unpaired) electrons. The van der Waals surface area contributed by atoms with E-state index in [-0.39, 0.29) is 17.5 Å². The maximum atomic E-state index is 12.8. The monoisotopic (exact) mass is 324 g/mol. The van der Waals surface area contributed by atoms with Crippen LogP contribution in [0.25, 0.3) is 0 Å². The molecule has 0 spiro atoms. The predicted molar refractivity (Wildman–Crippen MR) is 91.6 cm³/mol. The first-order valence-electron chi connectivity index (χ1n) is 8.51. The standard InChI is InChI=1S/C18H32N2O3/c1-8-10-13(9-2)11-14-12-20(17(22)23-7)16(18(3,4)5)19(6)15(14)21/h12-13,16H,8-11H2,1-7H3/t13?,16-/m0/s1. The third-order valence-corrected chi connectivity index (χ3v) is 4.46. The van der Waals surface area contributed by atoms with Crippen LogP contribution in [-0.4, -0.2) is 42.1 Å². The van der Waals surface area contributed by atoms with Crippen molar-refractivity contribution in [2.24, 2.45) is 11.3 Å². The largest absolute Gasteiger partial charge is 0.452 e. The van der Waals surface area contributed by atoms with Crippen LogP contribution >= 0.6 is 0 Å². The van der Waals surface area contributed by atoms with Gasteiger partial charge in [-0.3, -0.25) is 9.69 Å². The van der Waals surface area contributed by atoms with Gasteiger partial charge in [0.05, 0.1) is 7.11 Å². The lowest BCUT2D eigenvalue weighted by Gasteiger charge is -2.46. The van der Waals surface area contributed by atoms with E-state index >= 15 is 0 Å². The molecule has 0 saturated heterocycles. The van der Waals surface area contributed by atoms with Crippen LogP contribution in [0.2, 0.25) is 0 Å². The average molecular weight is 324 g/mol. The maximum Gasteiger partial charge on any atom is 0.415 e. The quantitative estimate of drug-likeness (QED) is 0.768. The Morgan fingerprint density at radius 1 is 1.35 bits per heavy atom. The highest BCUT2D eigenvalue weighted by atomic mass is 16.5. The Morgan fingerprint density at radius 3 is 2.39 bits per heavy atom. The zero-order valence-electron chi connectivity index (χ0n) is 15.7. The van der Waals surface area contributed by atoms with Gasteiger partial charge in [0.1, 0.15) is 6.17 Å². The Balaban J connectivity index is 3.19. The number of hydrogen-bond acceptors (Lipinski definition) is 3. The van der Waals surface area contributed by atoms with Crippen LogP contribution in [0.5, 0.6) is 0 Å². The summed E-state index contributed by atoms with van der Waals surface area (Å²) < 4.78 is 4.93. The molecular formula is C18H32N2O3. The van der Waals surface area contributed by atoms with Crippen LogP contribution in [0, 0.1) is 11.3 Å².